The molecular formula is C11H13N3OS. The third-order valence-corrected chi connectivity index (χ3v) is 2.60. The summed E-state index contributed by atoms with van der Waals surface area (Å²) in [6.07, 6.45) is 6.56. The summed E-state index contributed by atoms with van der Waals surface area (Å²) in [4.78, 5) is 15.4. The Bertz CT molecular complexity index is 383. The predicted octanol–water partition coefficient (Wildman–Crippen LogP) is 0.760. The second-order valence-electron chi connectivity index (χ2n) is 2.99. The van der Waals surface area contributed by atoms with Crippen LogP contribution in [0.3, 0.4) is 0 Å². The second-order valence-corrected chi connectivity index (χ2v) is 4.09. The molecule has 0 aliphatic heterocycles. The lowest BCUT2D eigenvalue weighted by Crippen LogP contribution is -2.26. The van der Waals surface area contributed by atoms with Gasteiger partial charge >= 0.3 is 0 Å². The summed E-state index contributed by atoms with van der Waals surface area (Å²) in [7, 11) is 0. The van der Waals surface area contributed by atoms with Gasteiger partial charge in [0.15, 0.2) is 0 Å². The molecule has 1 amide bonds. The molecule has 84 valence electrons. The average Bonchev–Trinajstić information content (AvgIpc) is 2.29. The maximum atomic E-state index is 11.5. The lowest BCUT2D eigenvalue weighted by atomic mass is 10.3. The summed E-state index contributed by atoms with van der Waals surface area (Å²) < 4.78 is 0. The fraction of sp³-hybridized carbons (Fsp3) is 0.273. The van der Waals surface area contributed by atoms with Gasteiger partial charge in [-0.05, 0) is 12.1 Å². The minimum Gasteiger partial charge on any atom is -0.397 e. The third kappa shape index (κ3) is 4.24. The van der Waals surface area contributed by atoms with Crippen LogP contribution in [0.1, 0.15) is 10.5 Å². The van der Waals surface area contributed by atoms with Crippen molar-refractivity contribution >= 4 is 23.4 Å². The number of anilines is 1. The number of hydrogen-bond donors (Lipinski definition) is 2. The van der Waals surface area contributed by atoms with Crippen LogP contribution in [0.15, 0.2) is 18.3 Å². The van der Waals surface area contributed by atoms with E-state index in [4.69, 9.17) is 12.2 Å². The van der Waals surface area contributed by atoms with E-state index in [1.165, 1.54) is 6.20 Å². The average molecular weight is 235 g/mol. The number of pyridine rings is 1. The van der Waals surface area contributed by atoms with Crippen LogP contribution in [0.2, 0.25) is 0 Å². The maximum absolute atomic E-state index is 11.5. The molecule has 3 N–H and O–H groups in total. The predicted molar refractivity (Wildman–Crippen MR) is 67.1 cm³/mol. The van der Waals surface area contributed by atoms with E-state index >= 15 is 0 Å². The number of nitrogens with two attached hydrogens (primary N) is 1. The first kappa shape index (κ1) is 12.4. The molecule has 0 saturated heterocycles. The smallest absolute Gasteiger partial charge is 0.269 e. The van der Waals surface area contributed by atoms with E-state index in [9.17, 15) is 4.79 Å². The van der Waals surface area contributed by atoms with Crippen LogP contribution in [0, 0.1) is 12.3 Å². The molecule has 0 aliphatic carbocycles. The van der Waals surface area contributed by atoms with E-state index in [1.807, 2.05) is 0 Å². The molecule has 1 aromatic heterocycles. The first-order valence-corrected chi connectivity index (χ1v) is 5.90. The summed E-state index contributed by atoms with van der Waals surface area (Å²) in [6, 6.07) is 3.24. The normalized spacial score (nSPS) is 9.44. The quantitative estimate of drug-likeness (QED) is 0.584. The van der Waals surface area contributed by atoms with Crippen molar-refractivity contribution in [2.45, 2.75) is 0 Å². The molecule has 0 bridgehead atoms. The Morgan fingerprint density at radius 2 is 2.44 bits per heavy atom. The number of carbonyl (C=O) groups excluding carboxylic acids is 1. The zero-order chi connectivity index (χ0) is 11.8. The van der Waals surface area contributed by atoms with E-state index in [-0.39, 0.29) is 5.91 Å². The van der Waals surface area contributed by atoms with Gasteiger partial charge in [0.05, 0.1) is 17.6 Å². The summed E-state index contributed by atoms with van der Waals surface area (Å²) >= 11 is 1.60. The molecule has 0 atom stereocenters. The molecule has 4 nitrogen and oxygen atoms in total. The molecule has 1 rings (SSSR count). The van der Waals surface area contributed by atoms with Crippen LogP contribution >= 0.6 is 11.8 Å². The van der Waals surface area contributed by atoms with Crippen LogP contribution < -0.4 is 11.1 Å². The molecule has 16 heavy (non-hydrogen) atoms. The van der Waals surface area contributed by atoms with Crippen LogP contribution in [0.25, 0.3) is 0 Å². The van der Waals surface area contributed by atoms with Crippen molar-refractivity contribution < 1.29 is 4.79 Å². The summed E-state index contributed by atoms with van der Waals surface area (Å²) in [5.74, 6) is 3.78. The van der Waals surface area contributed by atoms with E-state index in [2.05, 4.69) is 16.2 Å². The van der Waals surface area contributed by atoms with Crippen LogP contribution in [0.5, 0.6) is 0 Å². The minimum atomic E-state index is -0.193. The van der Waals surface area contributed by atoms with Crippen LogP contribution in [-0.4, -0.2) is 28.9 Å². The van der Waals surface area contributed by atoms with E-state index in [1.54, 1.807) is 23.9 Å². The molecule has 0 radical (unpaired) electrons. The van der Waals surface area contributed by atoms with Gasteiger partial charge in [-0.3, -0.25) is 4.79 Å². The van der Waals surface area contributed by atoms with Crippen LogP contribution in [0.4, 0.5) is 5.69 Å². The molecule has 0 fully saturated rings. The van der Waals surface area contributed by atoms with Gasteiger partial charge in [0.25, 0.3) is 5.91 Å². The maximum Gasteiger partial charge on any atom is 0.269 e. The molecule has 0 spiro atoms. The number of rotatable bonds is 5. The number of nitrogens with one attached hydrogen (secondary N) is 1. The first-order chi connectivity index (χ1) is 7.74. The van der Waals surface area contributed by atoms with Crippen LogP contribution in [-0.2, 0) is 0 Å². The minimum absolute atomic E-state index is 0.193. The van der Waals surface area contributed by atoms with Crippen molar-refractivity contribution in [2.75, 3.05) is 23.8 Å². The number of nitrogen functional groups attached to an aromatic ring is 1. The zero-order valence-electron chi connectivity index (χ0n) is 8.77. The highest BCUT2D eigenvalue weighted by Crippen LogP contribution is 2.01. The largest absolute Gasteiger partial charge is 0.397 e. The van der Waals surface area contributed by atoms with Gasteiger partial charge in [-0.2, -0.15) is 0 Å². The number of carbonyl (C=O) groups is 1. The van der Waals surface area contributed by atoms with Crippen molar-refractivity contribution in [1.82, 2.24) is 10.3 Å². The van der Waals surface area contributed by atoms with Crippen molar-refractivity contribution in [3.05, 3.63) is 24.0 Å². The molecule has 0 aromatic carbocycles. The Kier molecular flexibility index (Phi) is 5.23. The van der Waals surface area contributed by atoms with Gasteiger partial charge in [-0.25, -0.2) is 4.98 Å². The number of nitrogens with zero attached hydrogens (tertiary/aromatic N) is 1. The highest BCUT2D eigenvalue weighted by Gasteiger charge is 2.04. The summed E-state index contributed by atoms with van der Waals surface area (Å²) in [6.45, 7) is 0.581. The molecule has 0 saturated carbocycles. The number of amides is 1. The number of aromatic nitrogens is 1. The zero-order valence-corrected chi connectivity index (χ0v) is 9.59. The fourth-order valence-corrected chi connectivity index (χ4v) is 1.51. The number of hydrogen-bond acceptors (Lipinski definition) is 4. The fourth-order valence-electron chi connectivity index (χ4n) is 0.998. The SMILES string of the molecule is C#CCSCCNC(=O)c1ccc(N)cn1. The van der Waals surface area contributed by atoms with Crippen molar-refractivity contribution in [1.29, 1.82) is 0 Å². The van der Waals surface area contributed by atoms with Crippen molar-refractivity contribution in [3.63, 3.8) is 0 Å². The highest BCUT2D eigenvalue weighted by atomic mass is 32.2. The molecule has 1 heterocycles. The van der Waals surface area contributed by atoms with Gasteiger partial charge in [0.2, 0.25) is 0 Å². The lowest BCUT2D eigenvalue weighted by Gasteiger charge is -2.03. The molecule has 0 aliphatic rings. The van der Waals surface area contributed by atoms with Crippen molar-refractivity contribution in [3.8, 4) is 12.3 Å². The van der Waals surface area contributed by atoms with Gasteiger partial charge in [0, 0.05) is 12.3 Å². The van der Waals surface area contributed by atoms with Gasteiger partial charge in [0.1, 0.15) is 5.69 Å². The van der Waals surface area contributed by atoms with E-state index < -0.39 is 0 Å². The summed E-state index contributed by atoms with van der Waals surface area (Å²) in [5, 5.41) is 2.75. The second kappa shape index (κ2) is 6.75. The number of terminal acetylenes is 1. The topological polar surface area (TPSA) is 68.0 Å². The van der Waals surface area contributed by atoms with E-state index in [0.29, 0.717) is 23.7 Å². The molecule has 0 unspecified atom stereocenters. The van der Waals surface area contributed by atoms with Gasteiger partial charge < -0.3 is 11.1 Å². The van der Waals surface area contributed by atoms with Gasteiger partial charge in [-0.1, -0.05) is 5.92 Å². The molecule has 5 heteroatoms. The Morgan fingerprint density at radius 3 is 3.06 bits per heavy atom. The lowest BCUT2D eigenvalue weighted by molar-refractivity contribution is 0.0951. The molecule has 1 aromatic rings. The van der Waals surface area contributed by atoms with Crippen molar-refractivity contribution in [2.24, 2.45) is 0 Å². The van der Waals surface area contributed by atoms with E-state index in [0.717, 1.165) is 5.75 Å². The Morgan fingerprint density at radius 1 is 1.62 bits per heavy atom. The monoisotopic (exact) mass is 235 g/mol. The number of thioether (sulfide) groups is 1. The van der Waals surface area contributed by atoms with Gasteiger partial charge in [-0.15, -0.1) is 18.2 Å². The Balaban J connectivity index is 2.30. The standard InChI is InChI=1S/C11H13N3OS/c1-2-6-16-7-5-13-11(15)10-4-3-9(12)8-14-10/h1,3-4,8H,5-7,12H2,(H,13,15). The highest BCUT2D eigenvalue weighted by molar-refractivity contribution is 7.99. The first-order valence-electron chi connectivity index (χ1n) is 4.75. The summed E-state index contributed by atoms with van der Waals surface area (Å²) in [5.41, 5.74) is 6.38. The Labute approximate surface area is 99.0 Å². The Hall–Kier alpha value is -1.67. The molecular weight excluding hydrogens is 222 g/mol. The third-order valence-electron chi connectivity index (χ3n) is 1.74.